The Labute approximate surface area is 80.0 Å². The van der Waals surface area contributed by atoms with Gasteiger partial charge in [0.25, 0.3) is 0 Å². The largest absolute Gasteiger partial charge is 0.463 e. The molecule has 1 atom stereocenters. The number of hydroxylamine groups is 2. The van der Waals surface area contributed by atoms with Gasteiger partial charge in [-0.1, -0.05) is 0 Å². The van der Waals surface area contributed by atoms with Gasteiger partial charge in [0.15, 0.2) is 0 Å². The average molecular weight is 206 g/mol. The van der Waals surface area contributed by atoms with Gasteiger partial charge in [0.05, 0.1) is 6.54 Å². The number of cyclic esters (lactones) is 1. The van der Waals surface area contributed by atoms with Crippen LogP contribution in [0.2, 0.25) is 0 Å². The summed E-state index contributed by atoms with van der Waals surface area (Å²) in [7, 11) is 2.91. The zero-order valence-electron chi connectivity index (χ0n) is 7.90. The molecule has 1 unspecified atom stereocenters. The second-order valence-corrected chi connectivity index (χ2v) is 2.92. The zero-order valence-corrected chi connectivity index (χ0v) is 7.90. The molecule has 0 radical (unpaired) electrons. The first-order valence-corrected chi connectivity index (χ1v) is 4.00. The van der Waals surface area contributed by atoms with Gasteiger partial charge in [0.1, 0.15) is 6.61 Å². The minimum atomic E-state index is -1.61. The highest BCUT2D eigenvalue weighted by Gasteiger charge is 2.40. The van der Waals surface area contributed by atoms with Crippen LogP contribution in [0.1, 0.15) is 0 Å². The smallest absolute Gasteiger partial charge is 0.356 e. The Morgan fingerprint density at radius 2 is 2.36 bits per heavy atom. The Hall–Kier alpha value is -1.21. The van der Waals surface area contributed by atoms with Crippen molar-refractivity contribution in [1.29, 1.82) is 0 Å². The van der Waals surface area contributed by atoms with Gasteiger partial charge in [0.2, 0.25) is 6.04 Å². The van der Waals surface area contributed by atoms with Crippen LogP contribution in [-0.4, -0.2) is 55.4 Å². The van der Waals surface area contributed by atoms with Gasteiger partial charge in [-0.05, 0) is 0 Å². The zero-order chi connectivity index (χ0) is 10.7. The Morgan fingerprint density at radius 1 is 1.71 bits per heavy atom. The van der Waals surface area contributed by atoms with Gasteiger partial charge in [0, 0.05) is 14.1 Å². The number of morpholine rings is 1. The summed E-state index contributed by atoms with van der Waals surface area (Å²) in [4.78, 5) is 26.7. The molecule has 0 aromatic rings. The van der Waals surface area contributed by atoms with Crippen molar-refractivity contribution in [3.8, 4) is 0 Å². The van der Waals surface area contributed by atoms with Crippen molar-refractivity contribution in [3.63, 3.8) is 0 Å². The number of halogens is 1. The Morgan fingerprint density at radius 3 is 2.86 bits per heavy atom. The van der Waals surface area contributed by atoms with E-state index in [0.29, 0.717) is 0 Å². The summed E-state index contributed by atoms with van der Waals surface area (Å²) in [5.41, 5.74) is 0. The predicted molar refractivity (Wildman–Crippen MR) is 42.3 cm³/mol. The fraction of sp³-hybridized carbons (Fsp3) is 0.714. The Bertz CT molecular complexity index is 246. The van der Waals surface area contributed by atoms with Crippen LogP contribution in [0, 0.1) is 0 Å². The Balaban J connectivity index is 2.63. The number of nitrogens with zero attached hydrogens (tertiary/aromatic N) is 2. The maximum absolute atomic E-state index is 13.0. The van der Waals surface area contributed by atoms with E-state index in [9.17, 15) is 14.1 Å². The summed E-state index contributed by atoms with van der Waals surface area (Å²) in [6.45, 7) is -0.181. The number of hydrogen-bond acceptors (Lipinski definition) is 6. The molecule has 0 saturated carbocycles. The van der Waals surface area contributed by atoms with Gasteiger partial charge >= 0.3 is 11.9 Å². The molecule has 1 saturated heterocycles. The van der Waals surface area contributed by atoms with Crippen molar-refractivity contribution in [1.82, 2.24) is 10.2 Å². The van der Waals surface area contributed by atoms with E-state index in [4.69, 9.17) is 0 Å². The molecule has 0 N–H and O–H groups in total. The first-order chi connectivity index (χ1) is 6.52. The lowest BCUT2D eigenvalue weighted by atomic mass is 10.2. The lowest BCUT2D eigenvalue weighted by molar-refractivity contribution is -0.204. The van der Waals surface area contributed by atoms with Crippen molar-refractivity contribution in [2.45, 2.75) is 6.04 Å². The molecule has 80 valence electrons. The van der Waals surface area contributed by atoms with Gasteiger partial charge < -0.3 is 9.57 Å². The van der Waals surface area contributed by atoms with Gasteiger partial charge in [-0.15, -0.1) is 14.7 Å². The number of rotatable bonds is 2. The van der Waals surface area contributed by atoms with Crippen molar-refractivity contribution < 1.29 is 23.6 Å². The molecule has 0 amide bonds. The second kappa shape index (κ2) is 4.34. The molecule has 0 aliphatic carbocycles. The van der Waals surface area contributed by atoms with E-state index >= 15 is 0 Å². The number of carbonyl (C=O) groups is 2. The topological polar surface area (TPSA) is 59.1 Å². The maximum Gasteiger partial charge on any atom is 0.356 e. The third-order valence-corrected chi connectivity index (χ3v) is 1.55. The van der Waals surface area contributed by atoms with E-state index in [2.05, 4.69) is 9.57 Å². The van der Waals surface area contributed by atoms with Gasteiger partial charge in [-0.25, -0.2) is 9.59 Å². The summed E-state index contributed by atoms with van der Waals surface area (Å²) in [5, 5.41) is 1.19. The lowest BCUT2D eigenvalue weighted by Crippen LogP contribution is -2.50. The maximum atomic E-state index is 13.0. The highest BCUT2D eigenvalue weighted by atomic mass is 19.2. The monoisotopic (exact) mass is 206 g/mol. The number of hydrogen-bond donors (Lipinski definition) is 0. The highest BCUT2D eigenvalue weighted by Crippen LogP contribution is 2.10. The van der Waals surface area contributed by atoms with E-state index in [1.165, 1.54) is 14.1 Å². The second-order valence-electron chi connectivity index (χ2n) is 2.92. The van der Waals surface area contributed by atoms with E-state index in [1.54, 1.807) is 0 Å². The molecule has 14 heavy (non-hydrogen) atoms. The fourth-order valence-electron chi connectivity index (χ4n) is 0.996. The molecule has 1 aliphatic rings. The minimum Gasteiger partial charge on any atom is -0.463 e. The first kappa shape index (κ1) is 10.9. The molecule has 0 aromatic heterocycles. The summed E-state index contributed by atoms with van der Waals surface area (Å²) >= 11 is 0. The number of esters is 1. The van der Waals surface area contributed by atoms with Gasteiger partial charge in [-0.3, -0.25) is 0 Å². The SMILES string of the molecule is CN(C)OC(=O)C1C(=O)OCCN1F. The molecular formula is C7H11FN2O4. The molecule has 0 spiro atoms. The van der Waals surface area contributed by atoms with Crippen molar-refractivity contribution in [3.05, 3.63) is 0 Å². The van der Waals surface area contributed by atoms with Gasteiger partial charge in [-0.2, -0.15) is 0 Å². The van der Waals surface area contributed by atoms with E-state index in [0.717, 1.165) is 5.06 Å². The third-order valence-electron chi connectivity index (χ3n) is 1.55. The molecule has 0 aromatic carbocycles. The van der Waals surface area contributed by atoms with Crippen molar-refractivity contribution in [2.24, 2.45) is 0 Å². The average Bonchev–Trinajstić information content (AvgIpc) is 2.01. The molecule has 6 nitrogen and oxygen atoms in total. The summed E-state index contributed by atoms with van der Waals surface area (Å²) in [6, 6.07) is -1.61. The number of carbonyl (C=O) groups excluding carboxylic acids is 2. The normalized spacial score (nSPS) is 23.4. The molecular weight excluding hydrogens is 195 g/mol. The fourth-order valence-corrected chi connectivity index (χ4v) is 0.996. The minimum absolute atomic E-state index is 0.0545. The van der Waals surface area contributed by atoms with Crippen LogP contribution >= 0.6 is 0 Å². The first-order valence-electron chi connectivity index (χ1n) is 4.00. The van der Waals surface area contributed by atoms with E-state index in [1.807, 2.05) is 0 Å². The summed E-state index contributed by atoms with van der Waals surface area (Å²) < 4.78 is 17.5. The van der Waals surface area contributed by atoms with Crippen LogP contribution in [0.5, 0.6) is 0 Å². The lowest BCUT2D eigenvalue weighted by Gasteiger charge is -2.25. The quantitative estimate of drug-likeness (QED) is 0.253. The Kier molecular flexibility index (Phi) is 3.37. The third kappa shape index (κ3) is 2.39. The van der Waals surface area contributed by atoms with E-state index < -0.39 is 18.0 Å². The predicted octanol–water partition coefficient (Wildman–Crippen LogP) is -0.882. The van der Waals surface area contributed by atoms with E-state index in [-0.39, 0.29) is 18.3 Å². The summed E-state index contributed by atoms with van der Waals surface area (Å²) in [6.07, 6.45) is 0. The van der Waals surface area contributed by atoms with Crippen LogP contribution in [-0.2, 0) is 19.2 Å². The van der Waals surface area contributed by atoms with Crippen molar-refractivity contribution >= 4 is 11.9 Å². The molecule has 7 heteroatoms. The summed E-state index contributed by atoms with van der Waals surface area (Å²) in [5.74, 6) is -1.91. The standard InChI is InChI=1S/C7H11FN2O4/c1-9(2)14-7(12)5-6(11)13-4-3-10(5)8/h5H,3-4H2,1-2H3. The van der Waals surface area contributed by atoms with Crippen LogP contribution in [0.25, 0.3) is 0 Å². The number of ether oxygens (including phenoxy) is 1. The van der Waals surface area contributed by atoms with Crippen molar-refractivity contribution in [2.75, 3.05) is 27.2 Å². The van der Waals surface area contributed by atoms with Crippen LogP contribution in [0.15, 0.2) is 0 Å². The molecule has 0 bridgehead atoms. The molecule has 1 fully saturated rings. The molecule has 1 heterocycles. The van der Waals surface area contributed by atoms with Crippen LogP contribution in [0.3, 0.4) is 0 Å². The molecule has 1 aliphatic heterocycles. The highest BCUT2D eigenvalue weighted by molar-refractivity contribution is 5.99. The van der Waals surface area contributed by atoms with Crippen LogP contribution < -0.4 is 0 Å². The molecule has 1 rings (SSSR count). The van der Waals surface area contributed by atoms with Crippen LogP contribution in [0.4, 0.5) is 4.48 Å².